The lowest BCUT2D eigenvalue weighted by molar-refractivity contribution is -0.116. The van der Waals surface area contributed by atoms with Gasteiger partial charge in [-0.2, -0.15) is 0 Å². The summed E-state index contributed by atoms with van der Waals surface area (Å²) in [6.07, 6.45) is 1.34. The number of nitrogens with one attached hydrogen (secondary N) is 1. The zero-order valence-electron chi connectivity index (χ0n) is 12.8. The van der Waals surface area contributed by atoms with E-state index in [4.69, 9.17) is 11.6 Å². The van der Waals surface area contributed by atoms with Crippen LogP contribution >= 0.6 is 23.4 Å². The second-order valence-electron chi connectivity index (χ2n) is 5.01. The molecule has 0 aliphatic carbocycles. The molecule has 0 aromatic heterocycles. The number of amides is 1. The number of anilines is 1. The molecule has 5 heteroatoms. The predicted molar refractivity (Wildman–Crippen MR) is 96.5 cm³/mol. The van der Waals surface area contributed by atoms with Crippen molar-refractivity contribution in [3.8, 4) is 0 Å². The minimum atomic E-state index is 0.000857. The molecule has 0 heterocycles. The predicted octanol–water partition coefficient (Wildman–Crippen LogP) is 5.05. The summed E-state index contributed by atoms with van der Waals surface area (Å²) in [5.74, 6) is 0.341. The highest BCUT2D eigenvalue weighted by atomic mass is 35.5. The second-order valence-corrected chi connectivity index (χ2v) is 6.47. The average molecular weight is 348 g/mol. The third kappa shape index (κ3) is 5.41. The highest BCUT2D eigenvalue weighted by Crippen LogP contribution is 2.23. The van der Waals surface area contributed by atoms with E-state index >= 15 is 0 Å². The van der Waals surface area contributed by atoms with Crippen LogP contribution < -0.4 is 5.32 Å². The Morgan fingerprint density at radius 2 is 1.78 bits per heavy atom. The number of ketones is 1. The van der Waals surface area contributed by atoms with E-state index < -0.39 is 0 Å². The van der Waals surface area contributed by atoms with E-state index in [-0.39, 0.29) is 11.7 Å². The average Bonchev–Trinajstić information content (AvgIpc) is 2.54. The number of hydrogen-bond acceptors (Lipinski definition) is 3. The fourth-order valence-electron chi connectivity index (χ4n) is 2.00. The van der Waals surface area contributed by atoms with Gasteiger partial charge in [0.2, 0.25) is 5.91 Å². The third-order valence-corrected chi connectivity index (χ3v) is 4.50. The van der Waals surface area contributed by atoms with Gasteiger partial charge >= 0.3 is 0 Å². The van der Waals surface area contributed by atoms with E-state index in [9.17, 15) is 9.59 Å². The molecular weight excluding hydrogens is 330 g/mol. The van der Waals surface area contributed by atoms with Gasteiger partial charge in [0.25, 0.3) is 0 Å². The molecule has 1 N–H and O–H groups in total. The van der Waals surface area contributed by atoms with Gasteiger partial charge in [0.05, 0.1) is 10.8 Å². The van der Waals surface area contributed by atoms with Gasteiger partial charge in [-0.15, -0.1) is 11.8 Å². The van der Waals surface area contributed by atoms with E-state index in [0.717, 1.165) is 17.0 Å². The van der Waals surface area contributed by atoms with Gasteiger partial charge in [0.1, 0.15) is 0 Å². The van der Waals surface area contributed by atoms with Crippen molar-refractivity contribution < 1.29 is 9.59 Å². The van der Waals surface area contributed by atoms with Crippen LogP contribution in [0.15, 0.2) is 53.4 Å². The molecule has 2 rings (SSSR count). The van der Waals surface area contributed by atoms with Crippen LogP contribution in [-0.4, -0.2) is 17.4 Å². The number of carbonyl (C=O) groups excluding carboxylic acids is 2. The lowest BCUT2D eigenvalue weighted by atomic mass is 10.1. The molecule has 0 saturated heterocycles. The van der Waals surface area contributed by atoms with Gasteiger partial charge in [-0.3, -0.25) is 9.59 Å². The van der Waals surface area contributed by atoms with Gasteiger partial charge in [0.15, 0.2) is 5.78 Å². The quantitative estimate of drug-likeness (QED) is 0.563. The van der Waals surface area contributed by atoms with Crippen molar-refractivity contribution in [3.05, 3.63) is 59.1 Å². The Hall–Kier alpha value is -1.78. The number of thioether (sulfide) groups is 1. The summed E-state index contributed by atoms with van der Waals surface area (Å²) < 4.78 is 0. The largest absolute Gasteiger partial charge is 0.326 e. The molecule has 2 aromatic rings. The van der Waals surface area contributed by atoms with Gasteiger partial charge in [-0.05, 0) is 42.8 Å². The fourth-order valence-corrected chi connectivity index (χ4v) is 3.02. The molecule has 0 spiro atoms. The van der Waals surface area contributed by atoms with Crippen molar-refractivity contribution in [2.45, 2.75) is 24.7 Å². The van der Waals surface area contributed by atoms with Crippen molar-refractivity contribution in [1.29, 1.82) is 0 Å². The molecule has 3 nitrogen and oxygen atoms in total. The van der Waals surface area contributed by atoms with Gasteiger partial charge in [-0.1, -0.05) is 30.7 Å². The minimum absolute atomic E-state index is 0.000857. The maximum absolute atomic E-state index is 12.2. The molecule has 0 radical (unpaired) electrons. The lowest BCUT2D eigenvalue weighted by Gasteiger charge is -2.06. The van der Waals surface area contributed by atoms with Crippen LogP contribution in [-0.2, 0) is 4.79 Å². The molecule has 1 amide bonds. The molecule has 0 atom stereocenters. The SMILES string of the molecule is CCCC(=O)Nc1ccc(SCC(=O)c2ccccc2Cl)cc1. The Kier molecular flexibility index (Phi) is 6.68. The van der Waals surface area contributed by atoms with Crippen LogP contribution in [0.5, 0.6) is 0 Å². The summed E-state index contributed by atoms with van der Waals surface area (Å²) in [6, 6.07) is 14.5. The molecule has 2 aromatic carbocycles. The molecule has 0 saturated carbocycles. The van der Waals surface area contributed by atoms with Crippen molar-refractivity contribution in [2.24, 2.45) is 0 Å². The summed E-state index contributed by atoms with van der Waals surface area (Å²) in [6.45, 7) is 1.97. The Labute approximate surface area is 145 Å². The summed E-state index contributed by atoms with van der Waals surface area (Å²) >= 11 is 7.47. The number of benzene rings is 2. The van der Waals surface area contributed by atoms with E-state index in [2.05, 4.69) is 5.32 Å². The van der Waals surface area contributed by atoms with E-state index in [1.54, 1.807) is 24.3 Å². The van der Waals surface area contributed by atoms with Crippen LogP contribution in [0, 0.1) is 0 Å². The molecule has 120 valence electrons. The highest BCUT2D eigenvalue weighted by molar-refractivity contribution is 8.00. The maximum Gasteiger partial charge on any atom is 0.224 e. The summed E-state index contributed by atoms with van der Waals surface area (Å²) in [5, 5.41) is 3.31. The number of halogens is 1. The van der Waals surface area contributed by atoms with Crippen molar-refractivity contribution in [3.63, 3.8) is 0 Å². The summed E-state index contributed by atoms with van der Waals surface area (Å²) in [4.78, 5) is 24.7. The molecule has 0 aliphatic rings. The molecule has 0 bridgehead atoms. The molecule has 0 fully saturated rings. The first-order valence-electron chi connectivity index (χ1n) is 7.40. The van der Waals surface area contributed by atoms with Crippen LogP contribution in [0.4, 0.5) is 5.69 Å². The maximum atomic E-state index is 12.2. The monoisotopic (exact) mass is 347 g/mol. The second kappa shape index (κ2) is 8.75. The third-order valence-electron chi connectivity index (χ3n) is 3.16. The van der Waals surface area contributed by atoms with Crippen molar-refractivity contribution in [2.75, 3.05) is 11.1 Å². The summed E-state index contributed by atoms with van der Waals surface area (Å²) in [5.41, 5.74) is 1.32. The van der Waals surface area contributed by atoms with Crippen LogP contribution in [0.1, 0.15) is 30.1 Å². The number of rotatable bonds is 7. The van der Waals surface area contributed by atoms with E-state index in [1.165, 1.54) is 11.8 Å². The topological polar surface area (TPSA) is 46.2 Å². The zero-order valence-corrected chi connectivity index (χ0v) is 14.4. The molecular formula is C18H18ClNO2S. The van der Waals surface area contributed by atoms with Gasteiger partial charge in [0, 0.05) is 22.6 Å². The fraction of sp³-hybridized carbons (Fsp3) is 0.222. The first-order valence-corrected chi connectivity index (χ1v) is 8.77. The standard InChI is InChI=1S/C18H18ClNO2S/c1-2-5-18(22)20-13-8-10-14(11-9-13)23-12-17(21)15-6-3-4-7-16(15)19/h3-4,6-11H,2,5,12H2,1H3,(H,20,22). The minimum Gasteiger partial charge on any atom is -0.326 e. The van der Waals surface area contributed by atoms with Gasteiger partial charge < -0.3 is 5.32 Å². The lowest BCUT2D eigenvalue weighted by Crippen LogP contribution is -2.10. The number of Topliss-reactive ketones (excluding diaryl/α,β-unsaturated/α-hetero) is 1. The van der Waals surface area contributed by atoms with E-state index in [0.29, 0.717) is 22.8 Å². The highest BCUT2D eigenvalue weighted by Gasteiger charge is 2.10. The van der Waals surface area contributed by atoms with Crippen LogP contribution in [0.3, 0.4) is 0 Å². The Bertz CT molecular complexity index is 686. The normalized spacial score (nSPS) is 10.3. The number of hydrogen-bond donors (Lipinski definition) is 1. The smallest absolute Gasteiger partial charge is 0.224 e. The number of carbonyl (C=O) groups is 2. The Balaban J connectivity index is 1.90. The van der Waals surface area contributed by atoms with Crippen LogP contribution in [0.2, 0.25) is 5.02 Å². The molecule has 23 heavy (non-hydrogen) atoms. The zero-order chi connectivity index (χ0) is 16.7. The Morgan fingerprint density at radius 1 is 1.09 bits per heavy atom. The van der Waals surface area contributed by atoms with Gasteiger partial charge in [-0.25, -0.2) is 0 Å². The first-order chi connectivity index (χ1) is 11.1. The summed E-state index contributed by atoms with van der Waals surface area (Å²) in [7, 11) is 0. The first kappa shape index (κ1) is 17.6. The Morgan fingerprint density at radius 3 is 2.43 bits per heavy atom. The van der Waals surface area contributed by atoms with Crippen molar-refractivity contribution in [1.82, 2.24) is 0 Å². The van der Waals surface area contributed by atoms with Crippen molar-refractivity contribution >= 4 is 40.7 Å². The molecule has 0 aliphatic heterocycles. The molecule has 0 unspecified atom stereocenters. The van der Waals surface area contributed by atoms with E-state index in [1.807, 2.05) is 31.2 Å². The van der Waals surface area contributed by atoms with Crippen LogP contribution in [0.25, 0.3) is 0 Å².